The molecular weight excluding hydrogens is 154 g/mol. The molecule has 0 aliphatic rings. The molecule has 0 bridgehead atoms. The number of hydrogen-bond donors (Lipinski definition) is 2. The van der Waals surface area contributed by atoms with Gasteiger partial charge in [-0.05, 0) is 0 Å². The number of aliphatic hydroxyl groups is 1. The number of rotatable bonds is 4. The van der Waals surface area contributed by atoms with Crippen molar-refractivity contribution in [2.24, 2.45) is 17.1 Å². The molecule has 12 heavy (non-hydrogen) atoms. The summed E-state index contributed by atoms with van der Waals surface area (Å²) < 4.78 is 0. The fourth-order valence-corrected chi connectivity index (χ4v) is 1.20. The van der Waals surface area contributed by atoms with Gasteiger partial charge in [0.25, 0.3) is 0 Å². The van der Waals surface area contributed by atoms with E-state index in [1.807, 2.05) is 13.8 Å². The molecule has 0 radical (unpaired) electrons. The lowest BCUT2D eigenvalue weighted by molar-refractivity contribution is -0.135. The number of ketones is 1. The minimum absolute atomic E-state index is 0.0544. The van der Waals surface area contributed by atoms with Gasteiger partial charge >= 0.3 is 0 Å². The molecule has 0 aromatic carbocycles. The first kappa shape index (κ1) is 11.6. The molecule has 0 heterocycles. The van der Waals surface area contributed by atoms with Crippen LogP contribution in [0.3, 0.4) is 0 Å². The maximum Gasteiger partial charge on any atom is 0.143 e. The highest BCUT2D eigenvalue weighted by Gasteiger charge is 2.35. The molecule has 0 aromatic heterocycles. The van der Waals surface area contributed by atoms with Crippen molar-refractivity contribution < 1.29 is 9.90 Å². The molecule has 0 fully saturated rings. The number of hydrogen-bond acceptors (Lipinski definition) is 3. The van der Waals surface area contributed by atoms with Gasteiger partial charge in [0.05, 0.1) is 11.5 Å². The van der Waals surface area contributed by atoms with Crippen LogP contribution in [-0.2, 0) is 4.79 Å². The zero-order valence-electron chi connectivity index (χ0n) is 8.29. The van der Waals surface area contributed by atoms with Crippen molar-refractivity contribution in [3.63, 3.8) is 0 Å². The Balaban J connectivity index is 4.49. The van der Waals surface area contributed by atoms with Crippen LogP contribution in [0.1, 0.15) is 27.7 Å². The quantitative estimate of drug-likeness (QED) is 0.653. The van der Waals surface area contributed by atoms with Crippen molar-refractivity contribution >= 4 is 5.78 Å². The topological polar surface area (TPSA) is 63.3 Å². The second-order valence-electron chi connectivity index (χ2n) is 3.99. The Morgan fingerprint density at radius 1 is 1.50 bits per heavy atom. The van der Waals surface area contributed by atoms with E-state index >= 15 is 0 Å². The Hall–Kier alpha value is -0.410. The lowest BCUT2D eigenvalue weighted by Crippen LogP contribution is -2.43. The number of carbonyl (C=O) groups is 1. The minimum atomic E-state index is -0.743. The van der Waals surface area contributed by atoms with E-state index in [9.17, 15) is 9.90 Å². The Morgan fingerprint density at radius 3 is 2.17 bits per heavy atom. The van der Waals surface area contributed by atoms with Crippen LogP contribution in [0.5, 0.6) is 0 Å². The van der Waals surface area contributed by atoms with Crippen LogP contribution in [0, 0.1) is 11.3 Å². The summed E-state index contributed by atoms with van der Waals surface area (Å²) in [6, 6.07) is 0. The summed E-state index contributed by atoms with van der Waals surface area (Å²) >= 11 is 0. The average Bonchev–Trinajstić information content (AvgIpc) is 2.01. The van der Waals surface area contributed by atoms with Crippen LogP contribution >= 0.6 is 0 Å². The number of Topliss-reactive ketones (excluding diaryl/α,β-unsaturated/α-hetero) is 1. The predicted octanol–water partition coefficient (Wildman–Crippen LogP) is 0.557. The molecule has 0 saturated heterocycles. The fraction of sp³-hybridized carbons (Fsp3) is 0.889. The third-order valence-electron chi connectivity index (χ3n) is 2.22. The van der Waals surface area contributed by atoms with Crippen LogP contribution in [0.15, 0.2) is 0 Å². The molecule has 0 saturated carbocycles. The van der Waals surface area contributed by atoms with Crippen LogP contribution in [0.2, 0.25) is 0 Å². The Kier molecular flexibility index (Phi) is 3.87. The summed E-state index contributed by atoms with van der Waals surface area (Å²) in [6.07, 6.45) is -0.743. The van der Waals surface area contributed by atoms with E-state index in [1.165, 1.54) is 0 Å². The molecular formula is C9H19NO2. The lowest BCUT2D eigenvalue weighted by Gasteiger charge is -2.29. The van der Waals surface area contributed by atoms with E-state index in [-0.39, 0.29) is 18.2 Å². The third kappa shape index (κ3) is 2.29. The second kappa shape index (κ2) is 4.01. The van der Waals surface area contributed by atoms with Gasteiger partial charge in [-0.15, -0.1) is 0 Å². The van der Waals surface area contributed by atoms with Crippen molar-refractivity contribution in [2.45, 2.75) is 33.8 Å². The lowest BCUT2D eigenvalue weighted by atomic mass is 9.78. The summed E-state index contributed by atoms with van der Waals surface area (Å²) in [5.41, 5.74) is 4.57. The highest BCUT2D eigenvalue weighted by Crippen LogP contribution is 2.25. The largest absolute Gasteiger partial charge is 0.391 e. The Labute approximate surface area is 74.0 Å². The van der Waals surface area contributed by atoms with Gasteiger partial charge in [0.15, 0.2) is 0 Å². The first-order chi connectivity index (χ1) is 5.34. The van der Waals surface area contributed by atoms with Gasteiger partial charge in [-0.2, -0.15) is 0 Å². The molecule has 0 amide bonds. The first-order valence-electron chi connectivity index (χ1n) is 4.26. The molecule has 0 spiro atoms. The molecule has 0 aromatic rings. The van der Waals surface area contributed by atoms with E-state index < -0.39 is 11.5 Å². The normalized spacial score (nSPS) is 14.9. The summed E-state index contributed by atoms with van der Waals surface area (Å²) in [7, 11) is 0. The molecule has 3 nitrogen and oxygen atoms in total. The highest BCUT2D eigenvalue weighted by atomic mass is 16.3. The molecule has 1 unspecified atom stereocenters. The molecule has 72 valence electrons. The SMILES string of the molecule is CC(C)C(=O)C(C)(C)C(O)CN. The van der Waals surface area contributed by atoms with Gasteiger partial charge in [-0.25, -0.2) is 0 Å². The zero-order valence-corrected chi connectivity index (χ0v) is 8.29. The van der Waals surface area contributed by atoms with E-state index in [4.69, 9.17) is 5.73 Å². The second-order valence-corrected chi connectivity index (χ2v) is 3.99. The number of aliphatic hydroxyl groups excluding tert-OH is 1. The molecule has 3 heteroatoms. The van der Waals surface area contributed by atoms with Crippen LogP contribution in [0.25, 0.3) is 0 Å². The summed E-state index contributed by atoms with van der Waals surface area (Å²) in [4.78, 5) is 11.5. The van der Waals surface area contributed by atoms with E-state index in [2.05, 4.69) is 0 Å². The maximum absolute atomic E-state index is 11.5. The van der Waals surface area contributed by atoms with E-state index in [1.54, 1.807) is 13.8 Å². The molecule has 3 N–H and O–H groups in total. The van der Waals surface area contributed by atoms with Crippen LogP contribution in [-0.4, -0.2) is 23.5 Å². The highest BCUT2D eigenvalue weighted by molar-refractivity contribution is 5.86. The van der Waals surface area contributed by atoms with Crippen molar-refractivity contribution in [1.82, 2.24) is 0 Å². The molecule has 0 aliphatic carbocycles. The zero-order chi connectivity index (χ0) is 9.94. The van der Waals surface area contributed by atoms with Gasteiger partial charge < -0.3 is 10.8 Å². The van der Waals surface area contributed by atoms with E-state index in [0.29, 0.717) is 0 Å². The smallest absolute Gasteiger partial charge is 0.143 e. The van der Waals surface area contributed by atoms with Gasteiger partial charge in [0, 0.05) is 12.5 Å². The van der Waals surface area contributed by atoms with Crippen molar-refractivity contribution in [3.8, 4) is 0 Å². The van der Waals surface area contributed by atoms with Crippen molar-refractivity contribution in [2.75, 3.05) is 6.54 Å². The predicted molar refractivity (Wildman–Crippen MR) is 48.7 cm³/mol. The van der Waals surface area contributed by atoms with E-state index in [0.717, 1.165) is 0 Å². The summed E-state index contributed by atoms with van der Waals surface area (Å²) in [5, 5.41) is 9.46. The average molecular weight is 173 g/mol. The van der Waals surface area contributed by atoms with Crippen molar-refractivity contribution in [3.05, 3.63) is 0 Å². The number of nitrogens with two attached hydrogens (primary N) is 1. The van der Waals surface area contributed by atoms with Crippen LogP contribution in [0.4, 0.5) is 0 Å². The van der Waals surface area contributed by atoms with Gasteiger partial charge in [-0.3, -0.25) is 4.79 Å². The minimum Gasteiger partial charge on any atom is -0.391 e. The number of carbonyl (C=O) groups excluding carboxylic acids is 1. The Bertz CT molecular complexity index is 164. The monoisotopic (exact) mass is 173 g/mol. The molecule has 1 atom stereocenters. The van der Waals surface area contributed by atoms with Gasteiger partial charge in [0.2, 0.25) is 0 Å². The van der Waals surface area contributed by atoms with Crippen molar-refractivity contribution in [1.29, 1.82) is 0 Å². The fourth-order valence-electron chi connectivity index (χ4n) is 1.20. The summed E-state index contributed by atoms with van der Waals surface area (Å²) in [6.45, 7) is 7.24. The van der Waals surface area contributed by atoms with Crippen LogP contribution < -0.4 is 5.73 Å². The Morgan fingerprint density at radius 2 is 1.92 bits per heavy atom. The van der Waals surface area contributed by atoms with Gasteiger partial charge in [-0.1, -0.05) is 27.7 Å². The standard InChI is InChI=1S/C9H19NO2/c1-6(2)8(12)9(3,4)7(11)5-10/h6-7,11H,5,10H2,1-4H3. The summed E-state index contributed by atoms with van der Waals surface area (Å²) in [5.74, 6) is 0.00153. The van der Waals surface area contributed by atoms with Gasteiger partial charge in [0.1, 0.15) is 5.78 Å². The third-order valence-corrected chi connectivity index (χ3v) is 2.22. The molecule has 0 rings (SSSR count). The maximum atomic E-state index is 11.5. The molecule has 0 aliphatic heterocycles. The first-order valence-corrected chi connectivity index (χ1v) is 4.26.